The highest BCUT2D eigenvalue weighted by Gasteiger charge is 2.11. The first-order chi connectivity index (χ1) is 7.70. The molecule has 5 nitrogen and oxygen atoms in total. The maximum absolute atomic E-state index is 11.8. The molecule has 0 bridgehead atoms. The summed E-state index contributed by atoms with van der Waals surface area (Å²) >= 11 is 0. The number of aryl methyl sites for hydroxylation is 1. The van der Waals surface area contributed by atoms with Gasteiger partial charge in [0.25, 0.3) is 5.56 Å². The molecule has 0 amide bonds. The summed E-state index contributed by atoms with van der Waals surface area (Å²) in [5.74, 6) is 0.424. The van der Waals surface area contributed by atoms with Crippen LogP contribution >= 0.6 is 0 Å². The maximum Gasteiger partial charge on any atom is 0.293 e. The van der Waals surface area contributed by atoms with Crippen LogP contribution in [0.25, 0.3) is 0 Å². The highest BCUT2D eigenvalue weighted by Crippen LogP contribution is 2.04. The molecule has 0 aliphatic heterocycles. The van der Waals surface area contributed by atoms with Gasteiger partial charge in [0.2, 0.25) is 0 Å². The summed E-state index contributed by atoms with van der Waals surface area (Å²) in [5.41, 5.74) is -0.118. The van der Waals surface area contributed by atoms with Crippen LogP contribution in [-0.4, -0.2) is 34.4 Å². The number of aliphatic hydroxyl groups is 1. The predicted molar refractivity (Wildman–Crippen MR) is 63.7 cm³/mol. The van der Waals surface area contributed by atoms with Gasteiger partial charge in [-0.1, -0.05) is 13.3 Å². The molecule has 0 aliphatic rings. The molecular formula is C11H19N3O2. The molecule has 0 spiro atoms. The third-order valence-corrected chi connectivity index (χ3v) is 2.45. The number of anilines is 1. The van der Waals surface area contributed by atoms with Crippen molar-refractivity contribution in [1.82, 2.24) is 9.55 Å². The topological polar surface area (TPSA) is 58.4 Å². The fourth-order valence-corrected chi connectivity index (χ4v) is 1.49. The lowest BCUT2D eigenvalue weighted by Crippen LogP contribution is -2.35. The number of aliphatic hydroxyl groups excluding tert-OH is 1. The SMILES string of the molecule is CCCCN(CCO)c1nccn(C)c1=O. The first kappa shape index (κ1) is 12.7. The Kier molecular flexibility index (Phi) is 4.98. The minimum Gasteiger partial charge on any atom is -0.395 e. The van der Waals surface area contributed by atoms with E-state index in [4.69, 9.17) is 5.11 Å². The molecule has 1 heterocycles. The van der Waals surface area contributed by atoms with Crippen LogP contribution in [0.15, 0.2) is 17.2 Å². The lowest BCUT2D eigenvalue weighted by Gasteiger charge is -2.21. The average Bonchev–Trinajstić information content (AvgIpc) is 2.28. The maximum atomic E-state index is 11.8. The quantitative estimate of drug-likeness (QED) is 0.760. The van der Waals surface area contributed by atoms with E-state index in [9.17, 15) is 4.79 Å². The van der Waals surface area contributed by atoms with Gasteiger partial charge in [0.15, 0.2) is 5.82 Å². The molecule has 1 N–H and O–H groups in total. The molecule has 0 fully saturated rings. The number of rotatable bonds is 6. The van der Waals surface area contributed by atoms with Crippen LogP contribution < -0.4 is 10.5 Å². The van der Waals surface area contributed by atoms with Crippen molar-refractivity contribution in [3.63, 3.8) is 0 Å². The summed E-state index contributed by atoms with van der Waals surface area (Å²) in [6.07, 6.45) is 5.27. The van der Waals surface area contributed by atoms with Crippen LogP contribution in [0.2, 0.25) is 0 Å². The van der Waals surface area contributed by atoms with Crippen molar-refractivity contribution in [2.24, 2.45) is 7.05 Å². The highest BCUT2D eigenvalue weighted by atomic mass is 16.3. The first-order valence-electron chi connectivity index (χ1n) is 5.58. The van der Waals surface area contributed by atoms with Crippen LogP contribution in [0, 0.1) is 0 Å². The van der Waals surface area contributed by atoms with E-state index in [0.717, 1.165) is 19.4 Å². The molecule has 5 heteroatoms. The van der Waals surface area contributed by atoms with Gasteiger partial charge in [-0.3, -0.25) is 4.79 Å². The molecule has 0 saturated heterocycles. The van der Waals surface area contributed by atoms with Crippen molar-refractivity contribution in [3.8, 4) is 0 Å². The molecule has 90 valence electrons. The molecule has 0 aliphatic carbocycles. The Bertz CT molecular complexity index is 376. The minimum atomic E-state index is -0.118. The van der Waals surface area contributed by atoms with Gasteiger partial charge < -0.3 is 14.6 Å². The summed E-state index contributed by atoms with van der Waals surface area (Å²) in [4.78, 5) is 17.8. The van der Waals surface area contributed by atoms with Crippen LogP contribution in [-0.2, 0) is 7.05 Å². The summed E-state index contributed by atoms with van der Waals surface area (Å²) < 4.78 is 1.50. The first-order valence-corrected chi connectivity index (χ1v) is 5.58. The third-order valence-electron chi connectivity index (χ3n) is 2.45. The molecule has 0 saturated carbocycles. The van der Waals surface area contributed by atoms with Gasteiger partial charge in [0.1, 0.15) is 0 Å². The van der Waals surface area contributed by atoms with Crippen molar-refractivity contribution in [2.75, 3.05) is 24.6 Å². The second-order valence-electron chi connectivity index (χ2n) is 3.73. The minimum absolute atomic E-state index is 0.0312. The lowest BCUT2D eigenvalue weighted by molar-refractivity contribution is 0.301. The van der Waals surface area contributed by atoms with Crippen LogP contribution in [0.5, 0.6) is 0 Å². The van der Waals surface area contributed by atoms with Gasteiger partial charge in [-0.2, -0.15) is 0 Å². The van der Waals surface area contributed by atoms with Crippen LogP contribution in [0.1, 0.15) is 19.8 Å². The van der Waals surface area contributed by atoms with Crippen molar-refractivity contribution < 1.29 is 5.11 Å². The van der Waals surface area contributed by atoms with E-state index >= 15 is 0 Å². The molecule has 0 aromatic carbocycles. The highest BCUT2D eigenvalue weighted by molar-refractivity contribution is 5.35. The number of nitrogens with zero attached hydrogens (tertiary/aromatic N) is 3. The van der Waals surface area contributed by atoms with Crippen molar-refractivity contribution in [3.05, 3.63) is 22.7 Å². The molecule has 0 radical (unpaired) electrons. The van der Waals surface area contributed by atoms with E-state index in [-0.39, 0.29) is 12.2 Å². The smallest absolute Gasteiger partial charge is 0.293 e. The molecule has 1 rings (SSSR count). The molecule has 0 unspecified atom stereocenters. The Morgan fingerprint density at radius 1 is 1.50 bits per heavy atom. The zero-order valence-electron chi connectivity index (χ0n) is 9.89. The van der Waals surface area contributed by atoms with Gasteiger partial charge in [0, 0.05) is 32.5 Å². The normalized spacial score (nSPS) is 10.4. The van der Waals surface area contributed by atoms with Crippen molar-refractivity contribution >= 4 is 5.82 Å². The standard InChI is InChI=1S/C11H19N3O2/c1-3-4-6-14(8-9-15)10-11(16)13(2)7-5-12-10/h5,7,15H,3-4,6,8-9H2,1-2H3. The summed E-state index contributed by atoms with van der Waals surface area (Å²) in [6.45, 7) is 3.33. The fourth-order valence-electron chi connectivity index (χ4n) is 1.49. The van der Waals surface area contributed by atoms with E-state index in [1.165, 1.54) is 4.57 Å². The zero-order valence-corrected chi connectivity index (χ0v) is 9.89. The van der Waals surface area contributed by atoms with Gasteiger partial charge in [-0.25, -0.2) is 4.98 Å². The molecule has 0 atom stereocenters. The number of aromatic nitrogens is 2. The van der Waals surface area contributed by atoms with E-state index in [2.05, 4.69) is 11.9 Å². The van der Waals surface area contributed by atoms with E-state index in [1.54, 1.807) is 19.4 Å². The Hall–Kier alpha value is -1.36. The Labute approximate surface area is 95.4 Å². The molecule has 1 aromatic rings. The second kappa shape index (κ2) is 6.27. The Balaban J connectivity index is 2.91. The van der Waals surface area contributed by atoms with E-state index in [0.29, 0.717) is 12.4 Å². The molecular weight excluding hydrogens is 206 g/mol. The van der Waals surface area contributed by atoms with Crippen molar-refractivity contribution in [2.45, 2.75) is 19.8 Å². The van der Waals surface area contributed by atoms with Gasteiger partial charge in [0.05, 0.1) is 6.61 Å². The number of unbranched alkanes of at least 4 members (excludes halogenated alkanes) is 1. The van der Waals surface area contributed by atoms with Crippen LogP contribution in [0.4, 0.5) is 5.82 Å². The monoisotopic (exact) mass is 225 g/mol. The second-order valence-corrected chi connectivity index (χ2v) is 3.73. The van der Waals surface area contributed by atoms with Crippen molar-refractivity contribution in [1.29, 1.82) is 0 Å². The van der Waals surface area contributed by atoms with Gasteiger partial charge in [-0.15, -0.1) is 0 Å². The predicted octanol–water partition coefficient (Wildman–Crippen LogP) is 0.379. The lowest BCUT2D eigenvalue weighted by atomic mass is 10.3. The van der Waals surface area contributed by atoms with E-state index in [1.807, 2.05) is 4.90 Å². The molecule has 1 aromatic heterocycles. The summed E-state index contributed by atoms with van der Waals surface area (Å²) in [6, 6.07) is 0. The fraction of sp³-hybridized carbons (Fsp3) is 0.636. The van der Waals surface area contributed by atoms with E-state index < -0.39 is 0 Å². The zero-order chi connectivity index (χ0) is 12.0. The van der Waals surface area contributed by atoms with Crippen LogP contribution in [0.3, 0.4) is 0 Å². The van der Waals surface area contributed by atoms with Gasteiger partial charge in [-0.05, 0) is 6.42 Å². The summed E-state index contributed by atoms with van der Waals surface area (Å²) in [7, 11) is 1.70. The Morgan fingerprint density at radius 2 is 2.25 bits per heavy atom. The number of hydrogen-bond acceptors (Lipinski definition) is 4. The Morgan fingerprint density at radius 3 is 2.88 bits per heavy atom. The summed E-state index contributed by atoms with van der Waals surface area (Å²) in [5, 5.41) is 8.98. The third kappa shape index (κ3) is 3.06. The number of hydrogen-bond donors (Lipinski definition) is 1. The largest absolute Gasteiger partial charge is 0.395 e. The van der Waals surface area contributed by atoms with Gasteiger partial charge >= 0.3 is 0 Å². The average molecular weight is 225 g/mol. The molecule has 16 heavy (non-hydrogen) atoms.